The Balaban J connectivity index is 2.21. The van der Waals surface area contributed by atoms with Crippen LogP contribution in [0.2, 0.25) is 0 Å². The first-order valence-electron chi connectivity index (χ1n) is 6.35. The van der Waals surface area contributed by atoms with Gasteiger partial charge in [-0.15, -0.1) is 0 Å². The Morgan fingerprint density at radius 2 is 2.00 bits per heavy atom. The molecule has 1 aromatic rings. The molecule has 1 fully saturated rings. The van der Waals surface area contributed by atoms with Crippen molar-refractivity contribution < 1.29 is 21.9 Å². The summed E-state index contributed by atoms with van der Waals surface area (Å²) < 4.78 is 53.8. The molecule has 1 saturated carbocycles. The Kier molecular flexibility index (Phi) is 4.59. The first-order chi connectivity index (χ1) is 9.45. The quantitative estimate of drug-likeness (QED) is 0.908. The van der Waals surface area contributed by atoms with Gasteiger partial charge in [-0.1, -0.05) is 12.1 Å². The number of halogens is 2. The van der Waals surface area contributed by atoms with Crippen molar-refractivity contribution in [3.8, 4) is 0 Å². The van der Waals surface area contributed by atoms with Crippen molar-refractivity contribution in [1.29, 1.82) is 0 Å². The highest BCUT2D eigenvalue weighted by molar-refractivity contribution is 7.91. The van der Waals surface area contributed by atoms with Gasteiger partial charge in [0, 0.05) is 13.2 Å². The zero-order valence-electron chi connectivity index (χ0n) is 11.1. The summed E-state index contributed by atoms with van der Waals surface area (Å²) in [5.41, 5.74) is 0.231. The van der Waals surface area contributed by atoms with E-state index >= 15 is 0 Å². The van der Waals surface area contributed by atoms with Crippen LogP contribution >= 0.6 is 0 Å². The van der Waals surface area contributed by atoms with Gasteiger partial charge in [0.25, 0.3) is 0 Å². The molecule has 7 heteroatoms. The molecule has 1 aliphatic rings. The van der Waals surface area contributed by atoms with E-state index in [1.54, 1.807) is 13.2 Å². The minimum Gasteiger partial charge on any atom is -0.381 e. The second kappa shape index (κ2) is 6.05. The summed E-state index contributed by atoms with van der Waals surface area (Å²) in [4.78, 5) is -0.351. The van der Waals surface area contributed by atoms with E-state index in [-0.39, 0.29) is 22.7 Å². The summed E-state index contributed by atoms with van der Waals surface area (Å²) in [6.07, 6.45) is 2.56. The molecule has 0 radical (unpaired) electrons. The van der Waals surface area contributed by atoms with Crippen molar-refractivity contribution in [2.24, 2.45) is 0 Å². The molecule has 112 valence electrons. The number of para-hydroxylation sites is 1. The number of anilines is 1. The van der Waals surface area contributed by atoms with Gasteiger partial charge < -0.3 is 10.1 Å². The highest BCUT2D eigenvalue weighted by atomic mass is 32.2. The summed E-state index contributed by atoms with van der Waals surface area (Å²) in [5.74, 6) is -3.42. The Bertz CT molecular complexity index is 562. The first kappa shape index (κ1) is 15.2. The maximum atomic E-state index is 12.7. The van der Waals surface area contributed by atoms with Crippen molar-refractivity contribution in [3.63, 3.8) is 0 Å². The monoisotopic (exact) mass is 305 g/mol. The number of nitrogens with one attached hydrogen (secondary N) is 1. The van der Waals surface area contributed by atoms with Gasteiger partial charge in [-0.2, -0.15) is 8.78 Å². The fraction of sp³-hybridized carbons (Fsp3) is 0.538. The van der Waals surface area contributed by atoms with Crippen molar-refractivity contribution in [1.82, 2.24) is 0 Å². The summed E-state index contributed by atoms with van der Waals surface area (Å²) in [7, 11) is -2.97. The molecule has 4 nitrogen and oxygen atoms in total. The average molecular weight is 305 g/mol. The van der Waals surface area contributed by atoms with Crippen LogP contribution in [0, 0.1) is 0 Å². The van der Waals surface area contributed by atoms with Gasteiger partial charge >= 0.3 is 5.76 Å². The van der Waals surface area contributed by atoms with Crippen LogP contribution < -0.4 is 5.32 Å². The van der Waals surface area contributed by atoms with Gasteiger partial charge in [-0.25, -0.2) is 8.42 Å². The Morgan fingerprint density at radius 3 is 2.60 bits per heavy atom. The van der Waals surface area contributed by atoms with Crippen LogP contribution in [0.4, 0.5) is 14.5 Å². The first-order valence-corrected chi connectivity index (χ1v) is 7.90. The Labute approximate surface area is 117 Å². The largest absolute Gasteiger partial charge is 0.381 e. The molecule has 0 saturated heterocycles. The Morgan fingerprint density at radius 1 is 1.30 bits per heavy atom. The van der Waals surface area contributed by atoms with Crippen LogP contribution in [0.3, 0.4) is 0 Å². The molecular weight excluding hydrogens is 288 g/mol. The maximum Gasteiger partial charge on any atom is 0.341 e. The van der Waals surface area contributed by atoms with E-state index < -0.39 is 15.6 Å². The van der Waals surface area contributed by atoms with Gasteiger partial charge in [0.15, 0.2) is 0 Å². The van der Waals surface area contributed by atoms with Crippen LogP contribution in [0.15, 0.2) is 29.2 Å². The predicted molar refractivity (Wildman–Crippen MR) is 71.7 cm³/mol. The maximum absolute atomic E-state index is 12.7. The Hall–Kier alpha value is -1.21. The lowest BCUT2D eigenvalue weighted by Gasteiger charge is -2.17. The third kappa shape index (κ3) is 3.09. The zero-order chi connectivity index (χ0) is 14.8. The van der Waals surface area contributed by atoms with Crippen LogP contribution in [-0.4, -0.2) is 33.4 Å². The van der Waals surface area contributed by atoms with Gasteiger partial charge in [-0.05, 0) is 31.4 Å². The van der Waals surface area contributed by atoms with Gasteiger partial charge in [0.1, 0.15) is 0 Å². The second-order valence-electron chi connectivity index (χ2n) is 4.81. The van der Waals surface area contributed by atoms with Crippen molar-refractivity contribution in [2.45, 2.75) is 42.1 Å². The molecule has 20 heavy (non-hydrogen) atoms. The van der Waals surface area contributed by atoms with Crippen LogP contribution in [0.25, 0.3) is 0 Å². The molecule has 0 aliphatic heterocycles. The van der Waals surface area contributed by atoms with Gasteiger partial charge in [0.05, 0.1) is 16.7 Å². The highest BCUT2D eigenvalue weighted by Gasteiger charge is 2.31. The van der Waals surface area contributed by atoms with Crippen molar-refractivity contribution >= 4 is 15.5 Å². The normalized spacial score (nSPS) is 23.2. The molecule has 0 amide bonds. The van der Waals surface area contributed by atoms with E-state index in [0.717, 1.165) is 19.3 Å². The number of benzene rings is 1. The molecular formula is C13H17F2NO3S. The summed E-state index contributed by atoms with van der Waals surface area (Å²) in [5, 5.41) is 3.04. The molecule has 0 aromatic heterocycles. The number of sulfone groups is 1. The summed E-state index contributed by atoms with van der Waals surface area (Å²) in [6.45, 7) is 0. The number of hydrogen-bond acceptors (Lipinski definition) is 4. The number of hydrogen-bond donors (Lipinski definition) is 1. The molecule has 1 aromatic carbocycles. The molecule has 0 bridgehead atoms. The molecule has 1 aliphatic carbocycles. The molecule has 0 spiro atoms. The van der Waals surface area contributed by atoms with E-state index in [9.17, 15) is 17.2 Å². The number of ether oxygens (including phenoxy) is 1. The third-order valence-corrected chi connectivity index (χ3v) is 4.94. The third-order valence-electron chi connectivity index (χ3n) is 3.51. The number of rotatable bonds is 5. The molecule has 0 heterocycles. The zero-order valence-corrected chi connectivity index (χ0v) is 11.9. The van der Waals surface area contributed by atoms with Crippen molar-refractivity contribution in [3.05, 3.63) is 24.3 Å². The van der Waals surface area contributed by atoms with E-state index in [1.807, 2.05) is 0 Å². The van der Waals surface area contributed by atoms with Crippen LogP contribution in [0.5, 0.6) is 0 Å². The summed E-state index contributed by atoms with van der Waals surface area (Å²) in [6, 6.07) is 5.80. The standard InChI is InChI=1S/C13H17F2NO3S/c1-19-10-7-6-9(8-10)16-11-4-2-3-5-12(11)20(17,18)13(14)15/h2-5,9-10,13,16H,6-8H2,1H3. The SMILES string of the molecule is COC1CCC(Nc2ccccc2S(=O)(=O)C(F)F)C1. The van der Waals surface area contributed by atoms with Crippen LogP contribution in [0.1, 0.15) is 19.3 Å². The predicted octanol–water partition coefficient (Wildman–Crippen LogP) is 2.66. The molecule has 2 unspecified atom stereocenters. The lowest BCUT2D eigenvalue weighted by atomic mass is 10.2. The average Bonchev–Trinajstić information content (AvgIpc) is 2.86. The minimum atomic E-state index is -4.60. The lowest BCUT2D eigenvalue weighted by Crippen LogP contribution is -2.20. The minimum absolute atomic E-state index is 0.0361. The van der Waals surface area contributed by atoms with E-state index in [1.165, 1.54) is 18.2 Å². The van der Waals surface area contributed by atoms with E-state index in [0.29, 0.717) is 0 Å². The van der Waals surface area contributed by atoms with Crippen LogP contribution in [-0.2, 0) is 14.6 Å². The fourth-order valence-electron chi connectivity index (χ4n) is 2.44. The number of alkyl halides is 2. The topological polar surface area (TPSA) is 55.4 Å². The number of methoxy groups -OCH3 is 1. The molecule has 2 rings (SSSR count). The van der Waals surface area contributed by atoms with E-state index in [4.69, 9.17) is 4.74 Å². The smallest absolute Gasteiger partial charge is 0.341 e. The highest BCUT2D eigenvalue weighted by Crippen LogP contribution is 2.30. The van der Waals surface area contributed by atoms with Crippen molar-refractivity contribution in [2.75, 3.05) is 12.4 Å². The second-order valence-corrected chi connectivity index (χ2v) is 6.70. The fourth-order valence-corrected chi connectivity index (χ4v) is 3.33. The summed E-state index contributed by atoms with van der Waals surface area (Å²) >= 11 is 0. The van der Waals surface area contributed by atoms with Gasteiger partial charge in [-0.3, -0.25) is 0 Å². The van der Waals surface area contributed by atoms with Gasteiger partial charge in [0.2, 0.25) is 9.84 Å². The molecule has 1 N–H and O–H groups in total. The van der Waals surface area contributed by atoms with E-state index in [2.05, 4.69) is 5.32 Å². The molecule has 2 atom stereocenters. The lowest BCUT2D eigenvalue weighted by molar-refractivity contribution is 0.108.